The van der Waals surface area contributed by atoms with E-state index in [1.54, 1.807) is 24.3 Å². The van der Waals surface area contributed by atoms with Gasteiger partial charge >= 0.3 is 0 Å². The lowest BCUT2D eigenvalue weighted by Crippen LogP contribution is -2.00. The largest absolute Gasteiger partial charge is 0.481 e. The fourth-order valence-electron chi connectivity index (χ4n) is 1.68. The van der Waals surface area contributed by atoms with Crippen LogP contribution in [0.1, 0.15) is 5.56 Å². The van der Waals surface area contributed by atoms with Gasteiger partial charge in [-0.15, -0.1) is 0 Å². The van der Waals surface area contributed by atoms with Crippen LogP contribution in [0.2, 0.25) is 0 Å². The van der Waals surface area contributed by atoms with Crippen LogP contribution in [0.25, 0.3) is 11.1 Å². The Labute approximate surface area is 103 Å². The second-order valence-electron chi connectivity index (χ2n) is 3.77. The quantitative estimate of drug-likeness (QED) is 0.638. The summed E-state index contributed by atoms with van der Waals surface area (Å²) in [7, 11) is 1.40. The number of methoxy groups -OCH3 is 1. The van der Waals surface area contributed by atoms with Crippen LogP contribution in [0.4, 0.5) is 8.78 Å². The van der Waals surface area contributed by atoms with Crippen LogP contribution in [0.15, 0.2) is 42.5 Å². The van der Waals surface area contributed by atoms with Crippen molar-refractivity contribution in [2.75, 3.05) is 7.11 Å². The van der Waals surface area contributed by atoms with Crippen molar-refractivity contribution >= 4 is 5.90 Å². The molecule has 2 aromatic rings. The number of benzene rings is 2. The Hall–Kier alpha value is -2.23. The van der Waals surface area contributed by atoms with Gasteiger partial charge in [-0.05, 0) is 35.4 Å². The van der Waals surface area contributed by atoms with Gasteiger partial charge in [0.2, 0.25) is 5.90 Å². The average molecular weight is 247 g/mol. The molecule has 0 saturated heterocycles. The fourth-order valence-corrected chi connectivity index (χ4v) is 1.68. The number of halogens is 2. The SMILES string of the molecule is COC(=N)c1cccc(-c2cc(F)cc(F)c2)c1. The lowest BCUT2D eigenvalue weighted by atomic mass is 10.0. The molecule has 2 aromatic carbocycles. The van der Waals surface area contributed by atoms with E-state index in [4.69, 9.17) is 10.1 Å². The molecule has 0 heterocycles. The Bertz CT molecular complexity index is 576. The normalized spacial score (nSPS) is 10.2. The van der Waals surface area contributed by atoms with E-state index in [2.05, 4.69) is 0 Å². The number of ether oxygens (including phenoxy) is 1. The molecule has 0 amide bonds. The Kier molecular flexibility index (Phi) is 3.37. The first-order valence-corrected chi connectivity index (χ1v) is 5.29. The molecule has 0 aromatic heterocycles. The van der Waals surface area contributed by atoms with E-state index in [1.165, 1.54) is 19.2 Å². The number of hydrogen-bond donors (Lipinski definition) is 1. The molecule has 18 heavy (non-hydrogen) atoms. The zero-order valence-electron chi connectivity index (χ0n) is 9.71. The molecule has 4 heteroatoms. The maximum Gasteiger partial charge on any atom is 0.212 e. The van der Waals surface area contributed by atoms with E-state index in [0.717, 1.165) is 6.07 Å². The Balaban J connectivity index is 2.47. The molecule has 0 atom stereocenters. The molecule has 2 nitrogen and oxygen atoms in total. The van der Waals surface area contributed by atoms with E-state index < -0.39 is 11.6 Å². The third-order valence-electron chi connectivity index (χ3n) is 2.52. The minimum atomic E-state index is -0.628. The summed E-state index contributed by atoms with van der Waals surface area (Å²) < 4.78 is 31.1. The lowest BCUT2D eigenvalue weighted by molar-refractivity contribution is 0.401. The maximum absolute atomic E-state index is 13.1. The Morgan fingerprint density at radius 1 is 1.00 bits per heavy atom. The summed E-state index contributed by atoms with van der Waals surface area (Å²) in [6.07, 6.45) is 0. The summed E-state index contributed by atoms with van der Waals surface area (Å²) in [6, 6.07) is 10.1. The first kappa shape index (κ1) is 12.2. The molecule has 0 aliphatic heterocycles. The van der Waals surface area contributed by atoms with E-state index in [0.29, 0.717) is 16.7 Å². The van der Waals surface area contributed by atoms with Crippen LogP contribution in [0.5, 0.6) is 0 Å². The third kappa shape index (κ3) is 2.53. The summed E-state index contributed by atoms with van der Waals surface area (Å²) in [5, 5.41) is 7.55. The van der Waals surface area contributed by atoms with Crippen molar-refractivity contribution in [3.8, 4) is 11.1 Å². The van der Waals surface area contributed by atoms with E-state index >= 15 is 0 Å². The third-order valence-corrected chi connectivity index (χ3v) is 2.52. The second kappa shape index (κ2) is 4.96. The molecular weight excluding hydrogens is 236 g/mol. The predicted octanol–water partition coefficient (Wildman–Crippen LogP) is 3.60. The molecule has 92 valence electrons. The van der Waals surface area contributed by atoms with Crippen molar-refractivity contribution in [2.24, 2.45) is 0 Å². The minimum absolute atomic E-state index is 0.00808. The van der Waals surface area contributed by atoms with Gasteiger partial charge in [0.25, 0.3) is 0 Å². The van der Waals surface area contributed by atoms with E-state index in [1.807, 2.05) is 0 Å². The van der Waals surface area contributed by atoms with Crippen LogP contribution in [0, 0.1) is 17.0 Å². The fraction of sp³-hybridized carbons (Fsp3) is 0.0714. The van der Waals surface area contributed by atoms with Gasteiger partial charge in [-0.3, -0.25) is 5.41 Å². The average Bonchev–Trinajstić information content (AvgIpc) is 2.37. The van der Waals surface area contributed by atoms with E-state index in [9.17, 15) is 8.78 Å². The molecule has 0 aliphatic rings. The van der Waals surface area contributed by atoms with Crippen molar-refractivity contribution in [3.63, 3.8) is 0 Å². The Morgan fingerprint density at radius 2 is 1.67 bits per heavy atom. The standard InChI is InChI=1S/C14H11F2NO/c1-18-14(17)10-4-2-3-9(5-10)11-6-12(15)8-13(16)7-11/h2-8,17H,1H3. The summed E-state index contributed by atoms with van der Waals surface area (Å²) in [5.41, 5.74) is 1.62. The van der Waals surface area contributed by atoms with Gasteiger partial charge in [-0.25, -0.2) is 8.78 Å². The van der Waals surface area contributed by atoms with Crippen LogP contribution in [-0.4, -0.2) is 13.0 Å². The number of hydrogen-bond acceptors (Lipinski definition) is 2. The molecule has 2 rings (SSSR count). The summed E-state index contributed by atoms with van der Waals surface area (Å²) in [5.74, 6) is -1.25. The maximum atomic E-state index is 13.1. The van der Waals surface area contributed by atoms with Gasteiger partial charge in [0.15, 0.2) is 0 Å². The molecular formula is C14H11F2NO. The molecule has 0 radical (unpaired) electrons. The monoisotopic (exact) mass is 247 g/mol. The van der Waals surface area contributed by atoms with E-state index in [-0.39, 0.29) is 5.90 Å². The predicted molar refractivity (Wildman–Crippen MR) is 65.6 cm³/mol. The molecule has 0 unspecified atom stereocenters. The van der Waals surface area contributed by atoms with Gasteiger partial charge in [-0.2, -0.15) is 0 Å². The van der Waals surface area contributed by atoms with Crippen molar-refractivity contribution in [1.29, 1.82) is 5.41 Å². The molecule has 1 N–H and O–H groups in total. The zero-order valence-corrected chi connectivity index (χ0v) is 9.71. The smallest absolute Gasteiger partial charge is 0.212 e. The summed E-state index contributed by atoms with van der Waals surface area (Å²) >= 11 is 0. The topological polar surface area (TPSA) is 33.1 Å². The van der Waals surface area contributed by atoms with Crippen molar-refractivity contribution in [1.82, 2.24) is 0 Å². The summed E-state index contributed by atoms with van der Waals surface area (Å²) in [4.78, 5) is 0. The minimum Gasteiger partial charge on any atom is -0.481 e. The van der Waals surface area contributed by atoms with Crippen LogP contribution < -0.4 is 0 Å². The highest BCUT2D eigenvalue weighted by atomic mass is 19.1. The highest BCUT2D eigenvalue weighted by molar-refractivity contribution is 5.92. The van der Waals surface area contributed by atoms with Gasteiger partial charge in [0.1, 0.15) is 11.6 Å². The van der Waals surface area contributed by atoms with Crippen LogP contribution in [-0.2, 0) is 4.74 Å². The van der Waals surface area contributed by atoms with Crippen molar-refractivity contribution < 1.29 is 13.5 Å². The number of rotatable bonds is 2. The lowest BCUT2D eigenvalue weighted by Gasteiger charge is -2.06. The van der Waals surface area contributed by atoms with Gasteiger partial charge in [-0.1, -0.05) is 12.1 Å². The van der Waals surface area contributed by atoms with Gasteiger partial charge < -0.3 is 4.74 Å². The zero-order chi connectivity index (χ0) is 13.1. The van der Waals surface area contributed by atoms with Gasteiger partial charge in [0, 0.05) is 11.6 Å². The summed E-state index contributed by atoms with van der Waals surface area (Å²) in [6.45, 7) is 0. The number of nitrogens with one attached hydrogen (secondary N) is 1. The first-order chi connectivity index (χ1) is 8.60. The molecule has 0 saturated carbocycles. The molecule has 0 bridgehead atoms. The second-order valence-corrected chi connectivity index (χ2v) is 3.77. The van der Waals surface area contributed by atoms with Crippen LogP contribution >= 0.6 is 0 Å². The first-order valence-electron chi connectivity index (χ1n) is 5.29. The van der Waals surface area contributed by atoms with Crippen molar-refractivity contribution in [3.05, 3.63) is 59.7 Å². The van der Waals surface area contributed by atoms with Crippen molar-refractivity contribution in [2.45, 2.75) is 0 Å². The van der Waals surface area contributed by atoms with Crippen LogP contribution in [0.3, 0.4) is 0 Å². The van der Waals surface area contributed by atoms with Gasteiger partial charge in [0.05, 0.1) is 7.11 Å². The molecule has 0 aliphatic carbocycles. The molecule has 0 fully saturated rings. The highest BCUT2D eigenvalue weighted by Gasteiger charge is 2.06. The Morgan fingerprint density at radius 3 is 2.28 bits per heavy atom. The highest BCUT2D eigenvalue weighted by Crippen LogP contribution is 2.22. The molecule has 0 spiro atoms.